The third kappa shape index (κ3) is 6.17. The zero-order chi connectivity index (χ0) is 22.2. The molecule has 1 heterocycles. The van der Waals surface area contributed by atoms with Crippen LogP contribution < -0.4 is 10.6 Å². The minimum absolute atomic E-state index is 0.0238. The van der Waals surface area contributed by atoms with Crippen LogP contribution in [0.5, 0.6) is 0 Å². The lowest BCUT2D eigenvalue weighted by atomic mass is 9.94. The van der Waals surface area contributed by atoms with Crippen molar-refractivity contribution < 1.29 is 9.47 Å². The van der Waals surface area contributed by atoms with Crippen molar-refractivity contribution >= 4 is 22.6 Å². The van der Waals surface area contributed by atoms with Crippen LogP contribution in [0.1, 0.15) is 63.6 Å². The number of ether oxygens (including phenoxy) is 2. The number of hydrogen-bond donors (Lipinski definition) is 2. The summed E-state index contributed by atoms with van der Waals surface area (Å²) in [6.07, 6.45) is 7.55. The van der Waals surface area contributed by atoms with Gasteiger partial charge in [0.15, 0.2) is 5.82 Å². The average Bonchev–Trinajstić information content (AvgIpc) is 2.79. The number of fused-ring (bicyclic) bond motifs is 1. The predicted molar refractivity (Wildman–Crippen MR) is 128 cm³/mol. The fraction of sp³-hybridized carbons (Fsp3) is 0.600. The minimum Gasteiger partial charge on any atom is -0.492 e. The maximum absolute atomic E-state index is 5.89. The molecule has 2 N–H and O–H groups in total. The fourth-order valence-electron chi connectivity index (χ4n) is 4.37. The van der Waals surface area contributed by atoms with E-state index in [1.165, 1.54) is 32.1 Å². The largest absolute Gasteiger partial charge is 0.492 e. The lowest BCUT2D eigenvalue weighted by Gasteiger charge is -2.32. The van der Waals surface area contributed by atoms with E-state index in [2.05, 4.69) is 37.1 Å². The van der Waals surface area contributed by atoms with Gasteiger partial charge >= 0.3 is 0 Å². The zero-order valence-electron chi connectivity index (χ0n) is 19.5. The minimum atomic E-state index is 0.0238. The molecule has 2 atom stereocenters. The van der Waals surface area contributed by atoms with Crippen LogP contribution in [0.15, 0.2) is 24.8 Å². The number of hydrogen-bond acceptors (Lipinski definition) is 6. The van der Waals surface area contributed by atoms with Crippen molar-refractivity contribution in [1.82, 2.24) is 15.3 Å². The Morgan fingerprint density at radius 3 is 2.61 bits per heavy atom. The van der Waals surface area contributed by atoms with Crippen molar-refractivity contribution in [3.8, 4) is 0 Å². The molecule has 6 nitrogen and oxygen atoms in total. The lowest BCUT2D eigenvalue weighted by molar-refractivity contribution is 0.0699. The van der Waals surface area contributed by atoms with Crippen molar-refractivity contribution in [1.29, 1.82) is 0 Å². The summed E-state index contributed by atoms with van der Waals surface area (Å²) in [6.45, 7) is 11.5. The highest BCUT2D eigenvalue weighted by molar-refractivity contribution is 5.80. The SMILES string of the molecule is C=C(OCC)c1nc2cc(C)ccc2nc1NCC(OC)C(CC)NC1CCCCC1. The summed E-state index contributed by atoms with van der Waals surface area (Å²) in [4.78, 5) is 9.65. The summed E-state index contributed by atoms with van der Waals surface area (Å²) in [5, 5.41) is 7.33. The molecular weight excluding hydrogens is 388 g/mol. The normalized spacial score (nSPS) is 16.8. The zero-order valence-corrected chi connectivity index (χ0v) is 19.5. The molecule has 2 aromatic rings. The van der Waals surface area contributed by atoms with Crippen LogP contribution in [0.25, 0.3) is 16.8 Å². The Kier molecular flexibility index (Phi) is 8.67. The van der Waals surface area contributed by atoms with Gasteiger partial charge in [-0.2, -0.15) is 0 Å². The average molecular weight is 427 g/mol. The Balaban J connectivity index is 1.78. The third-order valence-electron chi connectivity index (χ3n) is 6.12. The molecule has 2 unspecified atom stereocenters. The number of benzene rings is 1. The molecule has 3 rings (SSSR count). The molecule has 0 radical (unpaired) electrons. The fourth-order valence-corrected chi connectivity index (χ4v) is 4.37. The van der Waals surface area contributed by atoms with E-state index in [0.29, 0.717) is 36.5 Å². The molecule has 1 saturated carbocycles. The van der Waals surface area contributed by atoms with E-state index < -0.39 is 0 Å². The van der Waals surface area contributed by atoms with Crippen LogP contribution >= 0.6 is 0 Å². The van der Waals surface area contributed by atoms with E-state index in [1.54, 1.807) is 7.11 Å². The molecular formula is C25H38N4O2. The molecule has 31 heavy (non-hydrogen) atoms. The molecule has 0 aliphatic heterocycles. The molecule has 1 aliphatic carbocycles. The maximum atomic E-state index is 5.89. The Labute approximate surface area is 186 Å². The summed E-state index contributed by atoms with van der Waals surface area (Å²) < 4.78 is 11.6. The van der Waals surface area contributed by atoms with Crippen molar-refractivity contribution in [2.75, 3.05) is 25.6 Å². The van der Waals surface area contributed by atoms with Crippen LogP contribution in [0.2, 0.25) is 0 Å². The highest BCUT2D eigenvalue weighted by Gasteiger charge is 2.24. The first kappa shape index (κ1) is 23.5. The second kappa shape index (κ2) is 11.4. The number of anilines is 1. The van der Waals surface area contributed by atoms with Gasteiger partial charge in [-0.1, -0.05) is 38.8 Å². The summed E-state index contributed by atoms with van der Waals surface area (Å²) in [7, 11) is 1.78. The van der Waals surface area contributed by atoms with E-state index in [4.69, 9.17) is 19.4 Å². The number of nitrogens with zero attached hydrogens (tertiary/aromatic N) is 2. The monoisotopic (exact) mass is 426 g/mol. The molecule has 0 bridgehead atoms. The molecule has 1 aromatic heterocycles. The van der Waals surface area contributed by atoms with Gasteiger partial charge in [-0.05, 0) is 50.8 Å². The van der Waals surface area contributed by atoms with Crippen LogP contribution in [0.3, 0.4) is 0 Å². The molecule has 1 fully saturated rings. The van der Waals surface area contributed by atoms with Gasteiger partial charge in [-0.3, -0.25) is 0 Å². The van der Waals surface area contributed by atoms with Gasteiger partial charge in [-0.15, -0.1) is 0 Å². The molecule has 0 spiro atoms. The van der Waals surface area contributed by atoms with Gasteiger partial charge in [0.25, 0.3) is 0 Å². The van der Waals surface area contributed by atoms with Gasteiger partial charge in [0, 0.05) is 25.7 Å². The highest BCUT2D eigenvalue weighted by atomic mass is 16.5. The lowest BCUT2D eigenvalue weighted by Crippen LogP contribution is -2.49. The number of aryl methyl sites for hydroxylation is 1. The van der Waals surface area contributed by atoms with Crippen molar-refractivity contribution in [3.05, 3.63) is 36.0 Å². The highest BCUT2D eigenvalue weighted by Crippen LogP contribution is 2.25. The standard InChI is InChI=1S/C25H38N4O2/c1-6-20(27-19-11-9-8-10-12-19)23(30-5)16-26-25-24(18(4)31-7-2)28-22-15-17(3)13-14-21(22)29-25/h13-15,19-20,23,27H,4,6-12,16H2,1-3,5H3,(H,26,29). The van der Waals surface area contributed by atoms with E-state index in [-0.39, 0.29) is 12.1 Å². The number of nitrogens with one attached hydrogen (secondary N) is 2. The molecule has 0 saturated heterocycles. The summed E-state index contributed by atoms with van der Waals surface area (Å²) in [5.41, 5.74) is 3.50. The third-order valence-corrected chi connectivity index (χ3v) is 6.12. The van der Waals surface area contributed by atoms with Crippen LogP contribution in [-0.4, -0.2) is 48.4 Å². The molecule has 1 aliphatic rings. The van der Waals surface area contributed by atoms with Crippen LogP contribution in [0.4, 0.5) is 5.82 Å². The number of methoxy groups -OCH3 is 1. The first-order chi connectivity index (χ1) is 15.0. The Morgan fingerprint density at radius 1 is 1.16 bits per heavy atom. The van der Waals surface area contributed by atoms with Gasteiger partial charge in [0.2, 0.25) is 0 Å². The van der Waals surface area contributed by atoms with E-state index >= 15 is 0 Å². The molecule has 0 amide bonds. The van der Waals surface area contributed by atoms with Crippen LogP contribution in [-0.2, 0) is 9.47 Å². The second-order valence-corrected chi connectivity index (χ2v) is 8.44. The second-order valence-electron chi connectivity index (χ2n) is 8.44. The van der Waals surface area contributed by atoms with E-state index in [1.807, 2.05) is 19.1 Å². The van der Waals surface area contributed by atoms with Crippen molar-refractivity contribution in [3.63, 3.8) is 0 Å². The van der Waals surface area contributed by atoms with Gasteiger partial charge in [0.1, 0.15) is 11.5 Å². The Morgan fingerprint density at radius 2 is 1.94 bits per heavy atom. The summed E-state index contributed by atoms with van der Waals surface area (Å²) in [6, 6.07) is 6.97. The molecule has 6 heteroatoms. The topological polar surface area (TPSA) is 68.3 Å². The first-order valence-corrected chi connectivity index (χ1v) is 11.7. The van der Waals surface area contributed by atoms with Crippen molar-refractivity contribution in [2.45, 2.75) is 77.5 Å². The first-order valence-electron chi connectivity index (χ1n) is 11.7. The molecule has 1 aromatic carbocycles. The van der Waals surface area contributed by atoms with E-state index in [9.17, 15) is 0 Å². The van der Waals surface area contributed by atoms with Crippen molar-refractivity contribution in [2.24, 2.45) is 0 Å². The van der Waals surface area contributed by atoms with Gasteiger partial charge in [-0.25, -0.2) is 9.97 Å². The van der Waals surface area contributed by atoms with Crippen LogP contribution in [0, 0.1) is 6.92 Å². The van der Waals surface area contributed by atoms with Gasteiger partial charge in [0.05, 0.1) is 23.7 Å². The Bertz CT molecular complexity index is 864. The summed E-state index contributed by atoms with van der Waals surface area (Å²) in [5.74, 6) is 1.21. The Hall–Kier alpha value is -2.18. The predicted octanol–water partition coefficient (Wildman–Crippen LogP) is 5.07. The molecule has 170 valence electrons. The van der Waals surface area contributed by atoms with E-state index in [0.717, 1.165) is 23.0 Å². The number of rotatable bonds is 11. The van der Waals surface area contributed by atoms with Gasteiger partial charge < -0.3 is 20.1 Å². The quantitative estimate of drug-likeness (QED) is 0.489. The maximum Gasteiger partial charge on any atom is 0.156 e. The summed E-state index contributed by atoms with van der Waals surface area (Å²) >= 11 is 0. The smallest absolute Gasteiger partial charge is 0.156 e. The number of aromatic nitrogens is 2.